The van der Waals surface area contributed by atoms with Gasteiger partial charge in [-0.1, -0.05) is 60.7 Å². The van der Waals surface area contributed by atoms with E-state index in [1.807, 2.05) is 0 Å². The van der Waals surface area contributed by atoms with Crippen molar-refractivity contribution in [2.45, 2.75) is 5.60 Å². The van der Waals surface area contributed by atoms with E-state index in [2.05, 4.69) is 0 Å². The molecule has 3 nitrogen and oxygen atoms in total. The molecule has 0 aliphatic heterocycles. The van der Waals surface area contributed by atoms with Crippen LogP contribution in [0.15, 0.2) is 60.7 Å². The third-order valence-electron chi connectivity index (χ3n) is 2.69. The molecular weight excluding hydrogens is 282 g/mol. The summed E-state index contributed by atoms with van der Waals surface area (Å²) < 4.78 is 0. The molecule has 0 aliphatic rings. The van der Waals surface area contributed by atoms with E-state index in [0.29, 0.717) is 11.1 Å². The van der Waals surface area contributed by atoms with Crippen molar-refractivity contribution in [2.75, 3.05) is 0 Å². The maximum absolute atomic E-state index is 11.4. The molecule has 0 aliphatic carbocycles. The van der Waals surface area contributed by atoms with Crippen LogP contribution in [-0.4, -0.2) is 16.2 Å². The second kappa shape index (κ2) is 5.90. The summed E-state index contributed by atoms with van der Waals surface area (Å²) in [5, 5.41) is 19.7. The van der Waals surface area contributed by atoms with Crippen LogP contribution in [0.4, 0.5) is 0 Å². The van der Waals surface area contributed by atoms with Crippen molar-refractivity contribution in [2.24, 2.45) is 0 Å². The second-order valence-electron chi connectivity index (χ2n) is 3.75. The van der Waals surface area contributed by atoms with E-state index in [9.17, 15) is 15.0 Å². The summed E-state index contributed by atoms with van der Waals surface area (Å²) in [5.74, 6) is -1.28. The molecule has 0 spiro atoms. The van der Waals surface area contributed by atoms with Crippen LogP contribution in [0.3, 0.4) is 0 Å². The van der Waals surface area contributed by atoms with Crippen molar-refractivity contribution in [3.63, 3.8) is 0 Å². The molecule has 0 bridgehead atoms. The maximum atomic E-state index is 11.4. The topological polar surface area (TPSA) is 57.5 Å². The zero-order valence-electron chi connectivity index (χ0n) is 9.78. The molecule has 2 rings (SSSR count). The summed E-state index contributed by atoms with van der Waals surface area (Å²) in [6.07, 6.45) is 0. The first-order valence-electron chi connectivity index (χ1n) is 5.22. The summed E-state index contributed by atoms with van der Waals surface area (Å²) in [6, 6.07) is 16.7. The number of hydrogen-bond donors (Lipinski definition) is 2. The third-order valence-corrected chi connectivity index (χ3v) is 2.69. The summed E-state index contributed by atoms with van der Waals surface area (Å²) in [7, 11) is 0. The molecule has 2 aromatic carbocycles. The monoisotopic (exact) mass is 292 g/mol. The van der Waals surface area contributed by atoms with Gasteiger partial charge in [0.2, 0.25) is 5.60 Å². The molecule has 2 N–H and O–H groups in total. The molecule has 0 aromatic heterocycles. The Labute approximate surface area is 118 Å². The molecule has 0 radical (unpaired) electrons. The van der Waals surface area contributed by atoms with E-state index in [4.69, 9.17) is 0 Å². The number of carbonyl (C=O) groups is 1. The summed E-state index contributed by atoms with van der Waals surface area (Å²) in [5.41, 5.74) is -1.31. The second-order valence-corrected chi connectivity index (χ2v) is 3.75. The van der Waals surface area contributed by atoms with Crippen LogP contribution < -0.4 is 0 Å². The van der Waals surface area contributed by atoms with Gasteiger partial charge in [0.15, 0.2) is 0 Å². The minimum atomic E-state index is -2.00. The van der Waals surface area contributed by atoms with Crippen molar-refractivity contribution in [1.82, 2.24) is 0 Å². The fourth-order valence-electron chi connectivity index (χ4n) is 1.77. The van der Waals surface area contributed by atoms with Crippen LogP contribution in [0.1, 0.15) is 11.1 Å². The first-order valence-corrected chi connectivity index (χ1v) is 5.22. The predicted octanol–water partition coefficient (Wildman–Crippen LogP) is 2.00. The van der Waals surface area contributed by atoms with Gasteiger partial charge in [0.25, 0.3) is 0 Å². The van der Waals surface area contributed by atoms with Crippen molar-refractivity contribution >= 4 is 5.97 Å². The van der Waals surface area contributed by atoms with Gasteiger partial charge in [0.05, 0.1) is 0 Å². The van der Waals surface area contributed by atoms with Crippen LogP contribution in [0.2, 0.25) is 0 Å². The molecule has 0 unspecified atom stereocenters. The number of hydrogen-bond acceptors (Lipinski definition) is 2. The molecule has 0 saturated heterocycles. The maximum Gasteiger partial charge on any atom is 0.345 e. The molecule has 0 heterocycles. The number of aliphatic hydroxyl groups is 1. The minimum absolute atomic E-state index is 0. The number of benzene rings is 2. The molecule has 88 valence electrons. The molecule has 0 saturated carbocycles. The van der Waals surface area contributed by atoms with E-state index >= 15 is 0 Å². The van der Waals surface area contributed by atoms with Crippen LogP contribution in [-0.2, 0) is 29.9 Å². The van der Waals surface area contributed by atoms with Crippen LogP contribution in [0, 0.1) is 0 Å². The molecule has 2 aromatic rings. The Morgan fingerprint density at radius 2 is 1.17 bits per heavy atom. The Bertz CT molecular complexity index is 472. The van der Waals surface area contributed by atoms with E-state index in [1.54, 1.807) is 60.7 Å². The average Bonchev–Trinajstić information content (AvgIpc) is 2.39. The predicted molar refractivity (Wildman–Crippen MR) is 63.5 cm³/mol. The fourth-order valence-corrected chi connectivity index (χ4v) is 1.77. The Morgan fingerprint density at radius 3 is 1.44 bits per heavy atom. The van der Waals surface area contributed by atoms with Crippen molar-refractivity contribution in [3.05, 3.63) is 71.8 Å². The van der Waals surface area contributed by atoms with Gasteiger partial charge in [0.1, 0.15) is 0 Å². The number of carboxylic acids is 1. The molecule has 0 fully saturated rings. The largest absolute Gasteiger partial charge is 0.479 e. The third kappa shape index (κ3) is 2.50. The Hall–Kier alpha value is -1.51. The van der Waals surface area contributed by atoms with Gasteiger partial charge in [0, 0.05) is 19.5 Å². The van der Waals surface area contributed by atoms with Gasteiger partial charge < -0.3 is 10.2 Å². The zero-order valence-corrected chi connectivity index (χ0v) is 12.8. The van der Waals surface area contributed by atoms with E-state index < -0.39 is 11.6 Å². The van der Waals surface area contributed by atoms with Gasteiger partial charge in [-0.05, 0) is 11.1 Å². The van der Waals surface area contributed by atoms with E-state index in [-0.39, 0.29) is 19.5 Å². The standard InChI is InChI=1S/C14H12O3.Zn/c15-13(16)14(17,11-7-3-1-4-8-11)12-9-5-2-6-10-12;/h1-10,17H,(H,15,16);. The fraction of sp³-hybridized carbons (Fsp3) is 0.0714. The normalized spacial score (nSPS) is 10.5. The van der Waals surface area contributed by atoms with Gasteiger partial charge >= 0.3 is 5.97 Å². The number of rotatable bonds is 3. The van der Waals surface area contributed by atoms with Crippen molar-refractivity contribution in [1.29, 1.82) is 0 Å². The van der Waals surface area contributed by atoms with Gasteiger partial charge in [-0.15, -0.1) is 0 Å². The van der Waals surface area contributed by atoms with Crippen LogP contribution in [0.25, 0.3) is 0 Å². The molecule has 4 heteroatoms. The van der Waals surface area contributed by atoms with E-state index in [1.165, 1.54) is 0 Å². The average molecular weight is 294 g/mol. The SMILES string of the molecule is O=C(O)C(O)(c1ccccc1)c1ccccc1.[Zn]. The van der Waals surface area contributed by atoms with Gasteiger partial charge in [-0.3, -0.25) is 0 Å². The van der Waals surface area contributed by atoms with Gasteiger partial charge in [-0.25, -0.2) is 4.79 Å². The minimum Gasteiger partial charge on any atom is -0.479 e. The quantitative estimate of drug-likeness (QED) is 0.851. The first kappa shape index (κ1) is 14.6. The van der Waals surface area contributed by atoms with Crippen LogP contribution in [0.5, 0.6) is 0 Å². The van der Waals surface area contributed by atoms with Crippen molar-refractivity contribution < 1.29 is 34.5 Å². The van der Waals surface area contributed by atoms with Gasteiger partial charge in [-0.2, -0.15) is 0 Å². The smallest absolute Gasteiger partial charge is 0.345 e. The molecule has 0 amide bonds. The Kier molecular flexibility index (Phi) is 4.77. The van der Waals surface area contributed by atoms with E-state index in [0.717, 1.165) is 0 Å². The zero-order chi connectivity index (χ0) is 12.3. The number of aliphatic carboxylic acids is 1. The summed E-state index contributed by atoms with van der Waals surface area (Å²) >= 11 is 0. The van der Waals surface area contributed by atoms with Crippen molar-refractivity contribution in [3.8, 4) is 0 Å². The Morgan fingerprint density at radius 1 is 0.833 bits per heavy atom. The first-order chi connectivity index (χ1) is 8.15. The molecular formula is C14H12O3Zn. The van der Waals surface area contributed by atoms with Crippen LogP contribution >= 0.6 is 0 Å². The number of carboxylic acid groups (broad SMARTS) is 1. The summed E-state index contributed by atoms with van der Waals surface area (Å²) in [6.45, 7) is 0. The Balaban J connectivity index is 0.00000162. The molecule has 18 heavy (non-hydrogen) atoms. The molecule has 0 atom stereocenters. The summed E-state index contributed by atoms with van der Waals surface area (Å²) in [4.78, 5) is 11.4.